The maximum atomic E-state index is 10.2. The molecule has 0 aliphatic rings. The third-order valence-electron chi connectivity index (χ3n) is 0.971. The van der Waals surface area contributed by atoms with E-state index in [1.807, 2.05) is 13.8 Å². The number of carbonyl (C=O) groups excluding carboxylic acids is 1. The van der Waals surface area contributed by atoms with Crippen LogP contribution < -0.4 is 0 Å². The lowest BCUT2D eigenvalue weighted by Gasteiger charge is -1.92. The average Bonchev–Trinajstić information content (AvgIpc) is 2.08. The highest BCUT2D eigenvalue weighted by molar-refractivity contribution is 6.33. The summed E-state index contributed by atoms with van der Waals surface area (Å²) in [6.45, 7) is 4.00. The Morgan fingerprint density at radius 1 is 1.33 bits per heavy atom. The number of nitrogens with zero attached hydrogens (tertiary/aromatic N) is 1. The van der Waals surface area contributed by atoms with Gasteiger partial charge < -0.3 is 0 Å². The predicted molar refractivity (Wildman–Crippen MR) is 51.0 cm³/mol. The number of halogens is 2. The monoisotopic (exact) mass is 205 g/mol. The number of pyridine rings is 1. The van der Waals surface area contributed by atoms with Crippen molar-refractivity contribution in [3.05, 3.63) is 28.0 Å². The summed E-state index contributed by atoms with van der Waals surface area (Å²) >= 11 is 11.0. The van der Waals surface area contributed by atoms with E-state index in [0.717, 1.165) is 0 Å². The summed E-state index contributed by atoms with van der Waals surface area (Å²) in [5.74, 6) is 0. The van der Waals surface area contributed by atoms with E-state index in [1.54, 1.807) is 0 Å². The molecule has 1 aromatic heterocycles. The summed E-state index contributed by atoms with van der Waals surface area (Å²) in [7, 11) is 0. The molecule has 0 saturated carbocycles. The number of aromatic nitrogens is 1. The van der Waals surface area contributed by atoms with Gasteiger partial charge in [0.05, 0.1) is 5.56 Å². The minimum absolute atomic E-state index is 0.141. The van der Waals surface area contributed by atoms with Crippen LogP contribution in [0.15, 0.2) is 12.1 Å². The molecule has 66 valence electrons. The molecule has 1 heterocycles. The van der Waals surface area contributed by atoms with Crippen molar-refractivity contribution in [3.8, 4) is 0 Å². The molecule has 4 heteroatoms. The van der Waals surface area contributed by atoms with E-state index in [2.05, 4.69) is 4.98 Å². The summed E-state index contributed by atoms with van der Waals surface area (Å²) < 4.78 is 0. The minimum Gasteiger partial charge on any atom is -0.298 e. The van der Waals surface area contributed by atoms with Gasteiger partial charge in [0.2, 0.25) is 0 Å². The minimum atomic E-state index is 0.141. The zero-order valence-corrected chi connectivity index (χ0v) is 8.36. The molecule has 0 N–H and O–H groups in total. The molecule has 0 aromatic carbocycles. The lowest BCUT2D eigenvalue weighted by atomic mass is 10.3. The lowest BCUT2D eigenvalue weighted by molar-refractivity contribution is 0.112. The van der Waals surface area contributed by atoms with E-state index >= 15 is 0 Å². The Morgan fingerprint density at radius 2 is 1.92 bits per heavy atom. The molecule has 0 aliphatic carbocycles. The van der Waals surface area contributed by atoms with Crippen LogP contribution >= 0.6 is 23.2 Å². The van der Waals surface area contributed by atoms with Gasteiger partial charge >= 0.3 is 0 Å². The molecular formula is C8H9Cl2NO. The van der Waals surface area contributed by atoms with Crippen molar-refractivity contribution >= 4 is 29.5 Å². The van der Waals surface area contributed by atoms with E-state index in [9.17, 15) is 4.79 Å². The van der Waals surface area contributed by atoms with Gasteiger partial charge in [-0.1, -0.05) is 37.0 Å². The molecule has 0 saturated heterocycles. The third kappa shape index (κ3) is 3.20. The second-order valence-electron chi connectivity index (χ2n) is 1.63. The Balaban J connectivity index is 0.000000561. The number of hydrogen-bond donors (Lipinski definition) is 0. The van der Waals surface area contributed by atoms with Gasteiger partial charge in [0, 0.05) is 0 Å². The average molecular weight is 206 g/mol. The molecule has 1 rings (SSSR count). The van der Waals surface area contributed by atoms with Gasteiger partial charge in [-0.25, -0.2) is 4.98 Å². The van der Waals surface area contributed by atoms with Gasteiger partial charge in [-0.3, -0.25) is 4.79 Å². The van der Waals surface area contributed by atoms with Crippen LogP contribution in [0.1, 0.15) is 24.2 Å². The van der Waals surface area contributed by atoms with Crippen LogP contribution in [0.4, 0.5) is 0 Å². The van der Waals surface area contributed by atoms with Crippen molar-refractivity contribution in [1.82, 2.24) is 4.98 Å². The Morgan fingerprint density at radius 3 is 2.33 bits per heavy atom. The van der Waals surface area contributed by atoms with Crippen molar-refractivity contribution in [2.45, 2.75) is 13.8 Å². The molecule has 0 aliphatic heterocycles. The molecule has 0 fully saturated rings. The molecule has 0 unspecified atom stereocenters. The van der Waals surface area contributed by atoms with Crippen molar-refractivity contribution in [2.24, 2.45) is 0 Å². The Kier molecular flexibility index (Phi) is 5.68. The first-order valence-electron chi connectivity index (χ1n) is 3.51. The van der Waals surface area contributed by atoms with Gasteiger partial charge in [0.15, 0.2) is 6.29 Å². The highest BCUT2D eigenvalue weighted by Gasteiger charge is 1.99. The van der Waals surface area contributed by atoms with Crippen LogP contribution in [0.25, 0.3) is 0 Å². The fraction of sp³-hybridized carbons (Fsp3) is 0.250. The maximum absolute atomic E-state index is 10.2. The van der Waals surface area contributed by atoms with Gasteiger partial charge in [0.25, 0.3) is 0 Å². The number of carbonyl (C=O) groups is 1. The Bertz CT molecular complexity index is 263. The molecule has 12 heavy (non-hydrogen) atoms. The van der Waals surface area contributed by atoms with E-state index in [0.29, 0.717) is 11.8 Å². The fourth-order valence-electron chi connectivity index (χ4n) is 0.511. The highest BCUT2D eigenvalue weighted by atomic mass is 35.5. The zero-order chi connectivity index (χ0) is 9.56. The van der Waals surface area contributed by atoms with E-state index in [4.69, 9.17) is 23.2 Å². The molecule has 1 aromatic rings. The number of rotatable bonds is 1. The van der Waals surface area contributed by atoms with Crippen molar-refractivity contribution in [1.29, 1.82) is 0 Å². The lowest BCUT2D eigenvalue weighted by Crippen LogP contribution is -1.84. The summed E-state index contributed by atoms with van der Waals surface area (Å²) in [5, 5.41) is 0.429. The fourth-order valence-corrected chi connectivity index (χ4v) is 0.900. The second-order valence-corrected chi connectivity index (χ2v) is 2.38. The first-order valence-corrected chi connectivity index (χ1v) is 4.27. The van der Waals surface area contributed by atoms with Crippen molar-refractivity contribution < 1.29 is 4.79 Å². The zero-order valence-electron chi connectivity index (χ0n) is 6.84. The van der Waals surface area contributed by atoms with Crippen molar-refractivity contribution in [3.63, 3.8) is 0 Å². The molecule has 0 spiro atoms. The predicted octanol–water partition coefficient (Wildman–Crippen LogP) is 3.23. The smallest absolute Gasteiger partial charge is 0.153 e. The van der Waals surface area contributed by atoms with E-state index in [-0.39, 0.29) is 10.3 Å². The first-order chi connectivity index (χ1) is 5.74. The normalized spacial score (nSPS) is 8.33. The van der Waals surface area contributed by atoms with Crippen LogP contribution in [0.5, 0.6) is 0 Å². The van der Waals surface area contributed by atoms with Crippen molar-refractivity contribution in [2.75, 3.05) is 0 Å². The maximum Gasteiger partial charge on any atom is 0.153 e. The topological polar surface area (TPSA) is 30.0 Å². The van der Waals surface area contributed by atoms with Crippen LogP contribution in [0, 0.1) is 0 Å². The first kappa shape index (κ1) is 11.4. The van der Waals surface area contributed by atoms with Crippen LogP contribution in [-0.2, 0) is 0 Å². The summed E-state index contributed by atoms with van der Waals surface area (Å²) in [6, 6.07) is 3.03. The standard InChI is InChI=1S/C6H3Cl2NO.C2H6/c7-5-2-1-4(3-10)6(8)9-5;1-2/h1-3H;1-2H3. The van der Waals surface area contributed by atoms with E-state index in [1.165, 1.54) is 12.1 Å². The van der Waals surface area contributed by atoms with Crippen LogP contribution in [0.3, 0.4) is 0 Å². The van der Waals surface area contributed by atoms with Gasteiger partial charge in [-0.15, -0.1) is 0 Å². The van der Waals surface area contributed by atoms with Gasteiger partial charge in [0.1, 0.15) is 10.3 Å². The number of aldehydes is 1. The van der Waals surface area contributed by atoms with Gasteiger partial charge in [-0.2, -0.15) is 0 Å². The number of hydrogen-bond acceptors (Lipinski definition) is 2. The SMILES string of the molecule is CC.O=Cc1ccc(Cl)nc1Cl. The molecule has 2 nitrogen and oxygen atoms in total. The molecule has 0 radical (unpaired) electrons. The highest BCUT2D eigenvalue weighted by Crippen LogP contribution is 2.13. The Labute approximate surface area is 81.5 Å². The second kappa shape index (κ2) is 5.98. The summed E-state index contributed by atoms with van der Waals surface area (Å²) in [5.41, 5.74) is 0.353. The van der Waals surface area contributed by atoms with E-state index < -0.39 is 0 Å². The largest absolute Gasteiger partial charge is 0.298 e. The molecule has 0 atom stereocenters. The molecule has 0 bridgehead atoms. The van der Waals surface area contributed by atoms with Crippen LogP contribution in [-0.4, -0.2) is 11.3 Å². The summed E-state index contributed by atoms with van der Waals surface area (Å²) in [4.78, 5) is 13.8. The Hall–Kier alpha value is -0.600. The third-order valence-corrected chi connectivity index (χ3v) is 1.48. The molecule has 0 amide bonds. The molecular weight excluding hydrogens is 197 g/mol. The van der Waals surface area contributed by atoms with Crippen LogP contribution in [0.2, 0.25) is 10.3 Å². The van der Waals surface area contributed by atoms with Gasteiger partial charge in [-0.05, 0) is 12.1 Å². The summed E-state index contributed by atoms with van der Waals surface area (Å²) in [6.07, 6.45) is 0.631. The quantitative estimate of drug-likeness (QED) is 0.521.